The summed E-state index contributed by atoms with van der Waals surface area (Å²) in [5.41, 5.74) is 2.41. The molecule has 0 fully saturated rings. The minimum Gasteiger partial charge on any atom is -0.466 e. The Balaban J connectivity index is 2.23. The standard InChI is InChI=1S/C24H28N8O2/c1-4-6-12-31(13-7-8-23(33)34-5-2)19-9-10-20(18(3)15-19)29-30-24-28-21(16-26)22(17-27)32(24)14-11-25/h9-10,15H,4-8,12-14H2,1-3H3. The van der Waals surface area contributed by atoms with Crippen LogP contribution in [0.3, 0.4) is 0 Å². The smallest absolute Gasteiger partial charge is 0.305 e. The first-order valence-corrected chi connectivity index (χ1v) is 11.2. The van der Waals surface area contributed by atoms with Gasteiger partial charge in [-0.25, -0.2) is 0 Å². The van der Waals surface area contributed by atoms with Gasteiger partial charge in [-0.2, -0.15) is 20.8 Å². The van der Waals surface area contributed by atoms with Gasteiger partial charge in [-0.3, -0.25) is 9.36 Å². The fourth-order valence-electron chi connectivity index (χ4n) is 3.34. The van der Waals surface area contributed by atoms with Crippen LogP contribution in [0.1, 0.15) is 56.5 Å². The Bertz CT molecular complexity index is 1150. The summed E-state index contributed by atoms with van der Waals surface area (Å²) in [6.45, 7) is 7.68. The van der Waals surface area contributed by atoms with Gasteiger partial charge in [0.1, 0.15) is 18.7 Å². The molecule has 10 nitrogen and oxygen atoms in total. The number of aromatic nitrogens is 2. The molecule has 34 heavy (non-hydrogen) atoms. The number of aryl methyl sites for hydroxylation is 1. The zero-order valence-electron chi connectivity index (χ0n) is 19.8. The van der Waals surface area contributed by atoms with E-state index in [0.29, 0.717) is 25.1 Å². The number of rotatable bonds is 12. The summed E-state index contributed by atoms with van der Waals surface area (Å²) in [7, 11) is 0. The third kappa shape index (κ3) is 6.88. The fraction of sp³-hybridized carbons (Fsp3) is 0.458. The number of nitriles is 3. The predicted molar refractivity (Wildman–Crippen MR) is 126 cm³/mol. The van der Waals surface area contributed by atoms with Crippen LogP contribution in [-0.2, 0) is 16.1 Å². The van der Waals surface area contributed by atoms with Gasteiger partial charge < -0.3 is 9.64 Å². The molecule has 2 aromatic rings. The molecule has 0 aliphatic carbocycles. The Morgan fingerprint density at radius 3 is 2.53 bits per heavy atom. The number of benzene rings is 1. The molecule has 0 N–H and O–H groups in total. The van der Waals surface area contributed by atoms with Crippen LogP contribution in [0, 0.1) is 40.9 Å². The Labute approximate surface area is 199 Å². The molecule has 10 heteroatoms. The lowest BCUT2D eigenvalue weighted by molar-refractivity contribution is -0.143. The fourth-order valence-corrected chi connectivity index (χ4v) is 3.34. The van der Waals surface area contributed by atoms with Gasteiger partial charge >= 0.3 is 5.97 Å². The second-order valence-corrected chi connectivity index (χ2v) is 7.50. The van der Waals surface area contributed by atoms with Gasteiger partial charge in [0.25, 0.3) is 5.95 Å². The molecule has 0 aliphatic heterocycles. The monoisotopic (exact) mass is 460 g/mol. The summed E-state index contributed by atoms with van der Waals surface area (Å²) in [6, 6.07) is 11.5. The second-order valence-electron chi connectivity index (χ2n) is 7.50. The first-order valence-electron chi connectivity index (χ1n) is 11.2. The zero-order chi connectivity index (χ0) is 24.9. The number of hydrogen-bond acceptors (Lipinski definition) is 9. The minimum atomic E-state index is -0.182. The molecule has 1 aromatic carbocycles. The molecular formula is C24H28N8O2. The number of unbranched alkanes of at least 4 members (excludes halogenated alkanes) is 1. The summed E-state index contributed by atoms with van der Waals surface area (Å²) >= 11 is 0. The first-order chi connectivity index (χ1) is 16.5. The Hall–Kier alpha value is -4.23. The highest BCUT2D eigenvalue weighted by atomic mass is 16.5. The number of anilines is 1. The Kier molecular flexibility index (Phi) is 10.2. The van der Waals surface area contributed by atoms with Crippen molar-refractivity contribution < 1.29 is 9.53 Å². The van der Waals surface area contributed by atoms with E-state index in [2.05, 4.69) is 27.0 Å². The van der Waals surface area contributed by atoms with E-state index < -0.39 is 0 Å². The van der Waals surface area contributed by atoms with Gasteiger partial charge in [0.2, 0.25) is 0 Å². The normalized spacial score (nSPS) is 10.5. The van der Waals surface area contributed by atoms with Gasteiger partial charge in [0.15, 0.2) is 11.4 Å². The lowest BCUT2D eigenvalue weighted by Crippen LogP contribution is -2.26. The van der Waals surface area contributed by atoms with Crippen LogP contribution in [0.15, 0.2) is 28.4 Å². The van der Waals surface area contributed by atoms with Gasteiger partial charge in [-0.1, -0.05) is 13.3 Å². The number of carbonyl (C=O) groups excluding carboxylic acids is 1. The third-order valence-electron chi connectivity index (χ3n) is 5.08. The summed E-state index contributed by atoms with van der Waals surface area (Å²) < 4.78 is 6.28. The van der Waals surface area contributed by atoms with Crippen molar-refractivity contribution in [2.24, 2.45) is 10.2 Å². The van der Waals surface area contributed by atoms with E-state index in [4.69, 9.17) is 10.00 Å². The van der Waals surface area contributed by atoms with E-state index in [1.807, 2.05) is 43.3 Å². The molecule has 0 saturated heterocycles. The van der Waals surface area contributed by atoms with Crippen LogP contribution < -0.4 is 4.90 Å². The Morgan fingerprint density at radius 2 is 1.91 bits per heavy atom. The lowest BCUT2D eigenvalue weighted by atomic mass is 10.1. The van der Waals surface area contributed by atoms with Crippen molar-refractivity contribution in [3.05, 3.63) is 35.2 Å². The van der Waals surface area contributed by atoms with Gasteiger partial charge in [0.05, 0.1) is 18.4 Å². The molecule has 176 valence electrons. The van der Waals surface area contributed by atoms with Crippen molar-refractivity contribution in [1.82, 2.24) is 9.55 Å². The molecular weight excluding hydrogens is 432 g/mol. The minimum absolute atomic E-state index is 0.0144. The SMILES string of the molecule is CCCCN(CCCC(=O)OCC)c1ccc(N=Nc2nc(C#N)c(C#N)n2CC#N)c(C)c1. The maximum Gasteiger partial charge on any atom is 0.305 e. The third-order valence-corrected chi connectivity index (χ3v) is 5.08. The van der Waals surface area contributed by atoms with Gasteiger partial charge in [0, 0.05) is 25.2 Å². The van der Waals surface area contributed by atoms with E-state index in [0.717, 1.165) is 37.2 Å². The van der Waals surface area contributed by atoms with E-state index in [-0.39, 0.29) is 29.9 Å². The quantitative estimate of drug-likeness (QED) is 0.326. The molecule has 0 bridgehead atoms. The van der Waals surface area contributed by atoms with Crippen LogP contribution in [0.25, 0.3) is 0 Å². The van der Waals surface area contributed by atoms with E-state index in [1.54, 1.807) is 6.92 Å². The summed E-state index contributed by atoms with van der Waals surface area (Å²) in [5.74, 6) is -0.152. The molecule has 0 spiro atoms. The maximum atomic E-state index is 11.7. The topological polar surface area (TPSA) is 143 Å². The molecule has 0 atom stereocenters. The zero-order valence-corrected chi connectivity index (χ0v) is 19.8. The van der Waals surface area contributed by atoms with E-state index in [1.165, 1.54) is 4.57 Å². The van der Waals surface area contributed by atoms with Crippen LogP contribution >= 0.6 is 0 Å². The van der Waals surface area contributed by atoms with E-state index >= 15 is 0 Å². The van der Waals surface area contributed by atoms with Gasteiger partial charge in [-0.05, 0) is 50.5 Å². The maximum absolute atomic E-state index is 11.7. The van der Waals surface area contributed by atoms with Crippen LogP contribution in [0.5, 0.6) is 0 Å². The number of azo groups is 1. The van der Waals surface area contributed by atoms with Crippen LogP contribution in [0.4, 0.5) is 17.3 Å². The number of hydrogen-bond donors (Lipinski definition) is 0. The highest BCUT2D eigenvalue weighted by Gasteiger charge is 2.17. The van der Waals surface area contributed by atoms with Crippen molar-refractivity contribution in [2.45, 2.75) is 53.0 Å². The van der Waals surface area contributed by atoms with Crippen molar-refractivity contribution in [2.75, 3.05) is 24.6 Å². The molecule has 0 saturated carbocycles. The van der Waals surface area contributed by atoms with Crippen LogP contribution in [-0.4, -0.2) is 35.2 Å². The largest absolute Gasteiger partial charge is 0.466 e. The average molecular weight is 461 g/mol. The molecule has 1 heterocycles. The number of nitrogens with zero attached hydrogens (tertiary/aromatic N) is 8. The summed E-state index contributed by atoms with van der Waals surface area (Å²) in [5, 5.41) is 35.9. The van der Waals surface area contributed by atoms with Crippen molar-refractivity contribution in [3.8, 4) is 18.2 Å². The molecule has 0 aliphatic rings. The Morgan fingerprint density at radius 1 is 1.15 bits per heavy atom. The molecule has 0 unspecified atom stereocenters. The number of carbonyl (C=O) groups is 1. The number of esters is 1. The highest BCUT2D eigenvalue weighted by Crippen LogP contribution is 2.28. The van der Waals surface area contributed by atoms with E-state index in [9.17, 15) is 15.3 Å². The van der Waals surface area contributed by atoms with Crippen LogP contribution in [0.2, 0.25) is 0 Å². The predicted octanol–water partition coefficient (Wildman–Crippen LogP) is 4.82. The van der Waals surface area contributed by atoms with Crippen molar-refractivity contribution in [3.63, 3.8) is 0 Å². The molecule has 0 radical (unpaired) electrons. The highest BCUT2D eigenvalue weighted by molar-refractivity contribution is 5.69. The molecule has 1 aromatic heterocycles. The average Bonchev–Trinajstić information content (AvgIpc) is 3.17. The lowest BCUT2D eigenvalue weighted by Gasteiger charge is -2.25. The second kappa shape index (κ2) is 13.3. The van der Waals surface area contributed by atoms with Crippen molar-refractivity contribution >= 4 is 23.3 Å². The molecule has 0 amide bonds. The molecule has 2 rings (SSSR count). The first kappa shape index (κ1) is 26.0. The van der Waals surface area contributed by atoms with Gasteiger partial charge in [-0.15, -0.1) is 10.2 Å². The van der Waals surface area contributed by atoms with Crippen molar-refractivity contribution in [1.29, 1.82) is 15.8 Å². The number of ether oxygens (including phenoxy) is 1. The summed E-state index contributed by atoms with van der Waals surface area (Å²) in [6.07, 6.45) is 3.17. The summed E-state index contributed by atoms with van der Waals surface area (Å²) in [4.78, 5) is 17.9. The number of imidazole rings is 1.